The first kappa shape index (κ1) is 14.1. The molecule has 4 rings (SSSR count). The van der Waals surface area contributed by atoms with Crippen LogP contribution in [-0.4, -0.2) is 7.28 Å². The molecule has 2 heteroatoms. The summed E-state index contributed by atoms with van der Waals surface area (Å²) in [5, 5.41) is 0. The maximum absolute atomic E-state index is 2.43. The fourth-order valence-electron chi connectivity index (χ4n) is 3.56. The number of benzene rings is 3. The summed E-state index contributed by atoms with van der Waals surface area (Å²) >= 11 is 0. The first-order valence-electron chi connectivity index (χ1n) is 8.09. The van der Waals surface area contributed by atoms with Crippen molar-refractivity contribution in [1.82, 2.24) is 0 Å². The van der Waals surface area contributed by atoms with E-state index in [9.17, 15) is 0 Å². The van der Waals surface area contributed by atoms with Crippen molar-refractivity contribution in [2.75, 3.05) is 4.90 Å². The molecule has 0 aromatic heterocycles. The molecule has 111 valence electrons. The summed E-state index contributed by atoms with van der Waals surface area (Å²) in [4.78, 5) is 2.43. The van der Waals surface area contributed by atoms with Crippen LogP contribution in [0.1, 0.15) is 22.6 Å². The van der Waals surface area contributed by atoms with Crippen LogP contribution >= 0.6 is 0 Å². The lowest BCUT2D eigenvalue weighted by Gasteiger charge is -2.29. The Bertz CT molecular complexity index is 821. The Hall–Kier alpha value is -2.48. The van der Waals surface area contributed by atoms with Crippen molar-refractivity contribution in [3.05, 3.63) is 89.5 Å². The topological polar surface area (TPSA) is 3.24 Å². The number of nitrogens with zero attached hydrogens (tertiary/aromatic N) is 1. The normalized spacial score (nSPS) is 16.1. The molecule has 0 bridgehead atoms. The smallest absolute Gasteiger partial charge is 0.190 e. The number of hydrogen-bond acceptors (Lipinski definition) is 1. The van der Waals surface area contributed by atoms with Gasteiger partial charge in [0.05, 0.1) is 0 Å². The number of rotatable bonds is 2. The van der Waals surface area contributed by atoms with Crippen LogP contribution < -0.4 is 10.4 Å². The van der Waals surface area contributed by atoms with E-state index in [0.29, 0.717) is 0 Å². The molecule has 0 fully saturated rings. The first-order chi connectivity index (χ1) is 11.2. The number of fused-ring (bicyclic) bond motifs is 1. The fraction of sp³-hybridized carbons (Fsp3) is 0.143. The highest BCUT2D eigenvalue weighted by atomic mass is 15.2. The third-order valence-electron chi connectivity index (χ3n) is 4.43. The van der Waals surface area contributed by atoms with Gasteiger partial charge in [-0.05, 0) is 37.6 Å². The summed E-state index contributed by atoms with van der Waals surface area (Å²) < 4.78 is 0. The zero-order chi connectivity index (χ0) is 15.8. The Kier molecular flexibility index (Phi) is 3.46. The van der Waals surface area contributed by atoms with Gasteiger partial charge in [0, 0.05) is 17.3 Å². The molecule has 0 spiro atoms. The van der Waals surface area contributed by atoms with Crippen molar-refractivity contribution < 1.29 is 0 Å². The van der Waals surface area contributed by atoms with E-state index in [0.717, 1.165) is 0 Å². The molecule has 1 unspecified atom stereocenters. The molecule has 0 saturated carbocycles. The Morgan fingerprint density at radius 1 is 0.783 bits per heavy atom. The third-order valence-corrected chi connectivity index (χ3v) is 4.43. The zero-order valence-electron chi connectivity index (χ0n) is 13.5. The average molecular weight is 296 g/mol. The maximum Gasteiger partial charge on any atom is 0.190 e. The quantitative estimate of drug-likeness (QED) is 0.630. The highest BCUT2D eigenvalue weighted by molar-refractivity contribution is 6.60. The van der Waals surface area contributed by atoms with Crippen molar-refractivity contribution in [1.29, 1.82) is 0 Å². The van der Waals surface area contributed by atoms with E-state index < -0.39 is 0 Å². The van der Waals surface area contributed by atoms with Gasteiger partial charge >= 0.3 is 0 Å². The molecule has 1 aliphatic rings. The maximum atomic E-state index is 2.43. The molecule has 0 N–H and O–H groups in total. The lowest BCUT2D eigenvalue weighted by molar-refractivity contribution is 0.943. The minimum atomic E-state index is 0.244. The molecule has 0 aliphatic carbocycles. The highest BCUT2D eigenvalue weighted by Gasteiger charge is 2.32. The number of para-hydroxylation sites is 2. The predicted octanol–water partition coefficient (Wildman–Crippen LogP) is 4.48. The van der Waals surface area contributed by atoms with Gasteiger partial charge in [-0.3, -0.25) is 0 Å². The van der Waals surface area contributed by atoms with E-state index in [1.807, 2.05) is 0 Å². The molecule has 3 aromatic rings. The van der Waals surface area contributed by atoms with Crippen LogP contribution in [-0.2, 0) is 0 Å². The van der Waals surface area contributed by atoms with Crippen LogP contribution in [0, 0.1) is 13.8 Å². The average Bonchev–Trinajstić information content (AvgIpc) is 2.94. The molecular formula is C21H19BN. The Morgan fingerprint density at radius 3 is 2.17 bits per heavy atom. The van der Waals surface area contributed by atoms with E-state index in [-0.39, 0.29) is 5.94 Å². The molecule has 1 radical (unpaired) electrons. The minimum Gasteiger partial charge on any atom is -0.343 e. The van der Waals surface area contributed by atoms with E-state index in [1.54, 1.807) is 0 Å². The van der Waals surface area contributed by atoms with E-state index >= 15 is 0 Å². The van der Waals surface area contributed by atoms with Crippen LogP contribution in [0.3, 0.4) is 0 Å². The summed E-state index contributed by atoms with van der Waals surface area (Å²) in [5.41, 5.74) is 7.80. The van der Waals surface area contributed by atoms with Crippen LogP contribution in [0.5, 0.6) is 0 Å². The third kappa shape index (κ3) is 2.55. The molecule has 23 heavy (non-hydrogen) atoms. The van der Waals surface area contributed by atoms with Crippen LogP contribution in [0.15, 0.2) is 72.8 Å². The molecule has 1 nitrogen and oxygen atoms in total. The lowest BCUT2D eigenvalue weighted by Crippen LogP contribution is -2.23. The first-order valence-corrected chi connectivity index (χ1v) is 8.09. The summed E-state index contributed by atoms with van der Waals surface area (Å²) in [6.45, 7) is 4.34. The Labute approximate surface area is 138 Å². The zero-order valence-corrected chi connectivity index (χ0v) is 13.5. The van der Waals surface area contributed by atoms with Gasteiger partial charge < -0.3 is 4.90 Å². The van der Waals surface area contributed by atoms with Gasteiger partial charge in [0.15, 0.2) is 7.28 Å². The highest BCUT2D eigenvalue weighted by Crippen LogP contribution is 2.38. The number of anilines is 2. The van der Waals surface area contributed by atoms with Gasteiger partial charge in [-0.1, -0.05) is 71.2 Å². The van der Waals surface area contributed by atoms with Crippen molar-refractivity contribution in [2.45, 2.75) is 19.8 Å². The number of aryl methyl sites for hydroxylation is 2. The summed E-state index contributed by atoms with van der Waals surface area (Å²) in [5.74, 6) is 0.244. The van der Waals surface area contributed by atoms with Gasteiger partial charge in [-0.2, -0.15) is 0 Å². The molecule has 0 amide bonds. The Balaban J connectivity index is 1.86. The fourth-order valence-corrected chi connectivity index (χ4v) is 3.56. The van der Waals surface area contributed by atoms with Crippen molar-refractivity contribution in [3.8, 4) is 0 Å². The molecule has 1 atom stereocenters. The summed E-state index contributed by atoms with van der Waals surface area (Å²) in [6, 6.07) is 26.1. The molecule has 1 heterocycles. The monoisotopic (exact) mass is 296 g/mol. The van der Waals surface area contributed by atoms with Gasteiger partial charge in [0.1, 0.15) is 0 Å². The van der Waals surface area contributed by atoms with Gasteiger partial charge in [-0.15, -0.1) is 0 Å². The van der Waals surface area contributed by atoms with Gasteiger partial charge in [-0.25, -0.2) is 0 Å². The predicted molar refractivity (Wildman–Crippen MR) is 99.1 cm³/mol. The number of hydrogen-bond donors (Lipinski definition) is 0. The SMILES string of the molecule is Cc1cc(C)cc(C2[B]c3ccccc3N2c2ccccc2)c1. The van der Waals surface area contributed by atoms with E-state index in [4.69, 9.17) is 0 Å². The summed E-state index contributed by atoms with van der Waals surface area (Å²) in [7, 11) is 2.37. The second kappa shape index (κ2) is 5.62. The second-order valence-electron chi connectivity index (χ2n) is 6.30. The van der Waals surface area contributed by atoms with E-state index in [2.05, 4.69) is 98.8 Å². The van der Waals surface area contributed by atoms with Gasteiger partial charge in [0.2, 0.25) is 0 Å². The largest absolute Gasteiger partial charge is 0.343 e. The van der Waals surface area contributed by atoms with Crippen molar-refractivity contribution in [2.24, 2.45) is 0 Å². The van der Waals surface area contributed by atoms with Crippen LogP contribution in [0.25, 0.3) is 0 Å². The van der Waals surface area contributed by atoms with Crippen molar-refractivity contribution >= 4 is 24.1 Å². The van der Waals surface area contributed by atoms with Gasteiger partial charge in [0.25, 0.3) is 0 Å². The Morgan fingerprint density at radius 2 is 1.43 bits per heavy atom. The standard InChI is InChI=1S/C21H19BN/c1-15-12-16(2)14-17(13-15)21-22-19-10-6-7-11-20(19)23(21)18-8-4-3-5-9-18/h3-14,21H,1-2H3. The molecular weight excluding hydrogens is 277 g/mol. The molecule has 3 aromatic carbocycles. The van der Waals surface area contributed by atoms with Crippen LogP contribution in [0.2, 0.25) is 0 Å². The van der Waals surface area contributed by atoms with E-state index in [1.165, 1.54) is 33.5 Å². The molecule has 0 saturated heterocycles. The minimum absolute atomic E-state index is 0.244. The lowest BCUT2D eigenvalue weighted by atomic mass is 9.63. The second-order valence-corrected chi connectivity index (χ2v) is 6.30. The molecule has 1 aliphatic heterocycles. The van der Waals surface area contributed by atoms with Crippen molar-refractivity contribution in [3.63, 3.8) is 0 Å². The summed E-state index contributed by atoms with van der Waals surface area (Å²) in [6.07, 6.45) is 0. The van der Waals surface area contributed by atoms with Crippen LogP contribution in [0.4, 0.5) is 11.4 Å².